The number of aryl methyl sites for hydroxylation is 2. The molecule has 0 fully saturated rings. The topological polar surface area (TPSA) is 118 Å². The Bertz CT molecular complexity index is 720. The molecule has 2 rings (SSSR count). The van der Waals surface area contributed by atoms with E-state index in [1.165, 1.54) is 12.1 Å². The first-order valence-electron chi connectivity index (χ1n) is 5.59. The Hall–Kier alpha value is -2.90. The summed E-state index contributed by atoms with van der Waals surface area (Å²) < 4.78 is 0.989. The second kappa shape index (κ2) is 4.65. The van der Waals surface area contributed by atoms with Crippen molar-refractivity contribution in [3.63, 3.8) is 0 Å². The van der Waals surface area contributed by atoms with Crippen molar-refractivity contribution < 1.29 is 19.9 Å². The highest BCUT2D eigenvalue weighted by Crippen LogP contribution is 2.28. The molecule has 1 aromatic heterocycles. The number of carboxylic acids is 1. The number of nitro benzene ring substituents is 1. The number of aromatic nitrogens is 2. The zero-order chi connectivity index (χ0) is 15.0. The molecular formula is C12H11N3O5. The lowest BCUT2D eigenvalue weighted by atomic mass is 10.1. The number of nitro groups is 1. The summed E-state index contributed by atoms with van der Waals surface area (Å²) in [6.45, 7) is 3.50. The van der Waals surface area contributed by atoms with Gasteiger partial charge in [-0.2, -0.15) is 5.10 Å². The molecule has 104 valence electrons. The molecule has 20 heavy (non-hydrogen) atoms. The van der Waals surface area contributed by atoms with Gasteiger partial charge in [-0.3, -0.25) is 10.1 Å². The number of carbonyl (C=O) groups is 1. The Kier molecular flexibility index (Phi) is 3.15. The van der Waals surface area contributed by atoms with E-state index >= 15 is 0 Å². The van der Waals surface area contributed by atoms with Crippen molar-refractivity contribution in [3.8, 4) is 11.4 Å². The van der Waals surface area contributed by atoms with Crippen LogP contribution in [-0.2, 0) is 0 Å². The molecule has 0 amide bonds. The lowest BCUT2D eigenvalue weighted by Gasteiger charge is -2.06. The van der Waals surface area contributed by atoms with Gasteiger partial charge >= 0.3 is 5.97 Å². The van der Waals surface area contributed by atoms with Crippen LogP contribution in [-0.4, -0.2) is 30.9 Å². The third-order valence-corrected chi connectivity index (χ3v) is 2.93. The fourth-order valence-electron chi connectivity index (χ4n) is 1.76. The molecule has 0 aliphatic rings. The zero-order valence-corrected chi connectivity index (χ0v) is 10.7. The van der Waals surface area contributed by atoms with E-state index in [1.807, 2.05) is 0 Å². The van der Waals surface area contributed by atoms with Gasteiger partial charge in [-0.1, -0.05) is 0 Å². The Labute approximate surface area is 113 Å². The van der Waals surface area contributed by atoms with Crippen molar-refractivity contribution in [2.75, 3.05) is 0 Å². The quantitative estimate of drug-likeness (QED) is 0.652. The Balaban J connectivity index is 2.68. The maximum Gasteiger partial charge on any atom is 0.360 e. The zero-order valence-electron chi connectivity index (χ0n) is 10.7. The van der Waals surface area contributed by atoms with Gasteiger partial charge in [0.2, 0.25) is 5.69 Å². The second-order valence-corrected chi connectivity index (χ2v) is 4.29. The van der Waals surface area contributed by atoms with Crippen LogP contribution in [0.15, 0.2) is 18.3 Å². The van der Waals surface area contributed by atoms with Crippen LogP contribution in [0.4, 0.5) is 5.69 Å². The first-order valence-corrected chi connectivity index (χ1v) is 5.59. The smallest absolute Gasteiger partial charge is 0.360 e. The monoisotopic (exact) mass is 277 g/mol. The van der Waals surface area contributed by atoms with E-state index in [4.69, 9.17) is 5.11 Å². The van der Waals surface area contributed by atoms with E-state index in [0.717, 1.165) is 22.0 Å². The lowest BCUT2D eigenvalue weighted by molar-refractivity contribution is -0.384. The van der Waals surface area contributed by atoms with Crippen LogP contribution >= 0.6 is 0 Å². The first-order chi connectivity index (χ1) is 9.31. The van der Waals surface area contributed by atoms with Gasteiger partial charge in [0.1, 0.15) is 5.69 Å². The third kappa shape index (κ3) is 2.18. The largest absolute Gasteiger partial charge is 0.504 e. The summed E-state index contributed by atoms with van der Waals surface area (Å²) in [4.78, 5) is 21.3. The molecule has 2 aromatic rings. The first kappa shape index (κ1) is 13.5. The molecule has 8 heteroatoms. The molecule has 0 atom stereocenters. The minimum atomic E-state index is -1.41. The number of benzene rings is 1. The van der Waals surface area contributed by atoms with Gasteiger partial charge < -0.3 is 10.2 Å². The highest BCUT2D eigenvalue weighted by Gasteiger charge is 2.22. The molecule has 0 saturated heterocycles. The summed E-state index contributed by atoms with van der Waals surface area (Å²) in [6, 6.07) is 2.90. The van der Waals surface area contributed by atoms with E-state index in [9.17, 15) is 20.0 Å². The normalized spacial score (nSPS) is 10.5. The highest BCUT2D eigenvalue weighted by atomic mass is 16.6. The number of carboxylic acid groups (broad SMARTS) is 1. The van der Waals surface area contributed by atoms with Gasteiger partial charge in [0, 0.05) is 6.07 Å². The summed E-state index contributed by atoms with van der Waals surface area (Å²) in [6.07, 6.45) is 1.03. The number of nitrogens with zero attached hydrogens (tertiary/aromatic N) is 3. The average molecular weight is 277 g/mol. The SMILES string of the molecule is Cc1cc(-n2cc(O)c(C(=O)O)n2)c([N+](=O)[O-])cc1C. The fourth-order valence-corrected chi connectivity index (χ4v) is 1.76. The Morgan fingerprint density at radius 3 is 2.45 bits per heavy atom. The van der Waals surface area contributed by atoms with Crippen LogP contribution in [0.2, 0.25) is 0 Å². The van der Waals surface area contributed by atoms with Gasteiger partial charge in [-0.15, -0.1) is 0 Å². The molecule has 0 radical (unpaired) electrons. The molecule has 0 aliphatic heterocycles. The second-order valence-electron chi connectivity index (χ2n) is 4.29. The average Bonchev–Trinajstić information content (AvgIpc) is 2.74. The van der Waals surface area contributed by atoms with E-state index < -0.39 is 22.3 Å². The van der Waals surface area contributed by atoms with Crippen LogP contribution in [0.3, 0.4) is 0 Å². The van der Waals surface area contributed by atoms with Crippen molar-refractivity contribution in [1.29, 1.82) is 0 Å². The van der Waals surface area contributed by atoms with Crippen LogP contribution in [0.25, 0.3) is 5.69 Å². The Morgan fingerprint density at radius 1 is 1.35 bits per heavy atom. The summed E-state index contributed by atoms with van der Waals surface area (Å²) in [7, 11) is 0. The number of rotatable bonds is 3. The Morgan fingerprint density at radius 2 is 1.95 bits per heavy atom. The van der Waals surface area contributed by atoms with Crippen molar-refractivity contribution in [2.45, 2.75) is 13.8 Å². The van der Waals surface area contributed by atoms with Gasteiger partial charge in [0.05, 0.1) is 11.1 Å². The number of hydrogen-bond donors (Lipinski definition) is 2. The molecule has 0 saturated carbocycles. The maximum absolute atomic E-state index is 11.1. The molecule has 1 heterocycles. The molecular weight excluding hydrogens is 266 g/mol. The molecule has 1 aromatic carbocycles. The lowest BCUT2D eigenvalue weighted by Crippen LogP contribution is -2.04. The summed E-state index contributed by atoms with van der Waals surface area (Å²) >= 11 is 0. The van der Waals surface area contributed by atoms with Gasteiger partial charge in [-0.25, -0.2) is 9.48 Å². The van der Waals surface area contributed by atoms with E-state index in [-0.39, 0.29) is 11.4 Å². The van der Waals surface area contributed by atoms with Gasteiger partial charge in [0.15, 0.2) is 5.75 Å². The molecule has 2 N–H and O–H groups in total. The molecule has 0 bridgehead atoms. The molecule has 0 unspecified atom stereocenters. The summed E-state index contributed by atoms with van der Waals surface area (Å²) in [5.74, 6) is -1.96. The highest BCUT2D eigenvalue weighted by molar-refractivity contribution is 5.88. The van der Waals surface area contributed by atoms with E-state index in [2.05, 4.69) is 5.10 Å². The number of aromatic carboxylic acids is 1. The molecule has 8 nitrogen and oxygen atoms in total. The van der Waals surface area contributed by atoms with Crippen LogP contribution in [0.5, 0.6) is 5.75 Å². The van der Waals surface area contributed by atoms with Crippen LogP contribution in [0, 0.1) is 24.0 Å². The van der Waals surface area contributed by atoms with Gasteiger partial charge in [0.25, 0.3) is 5.69 Å². The molecule has 0 aliphatic carbocycles. The van der Waals surface area contributed by atoms with Gasteiger partial charge in [-0.05, 0) is 31.0 Å². The van der Waals surface area contributed by atoms with Crippen molar-refractivity contribution in [2.24, 2.45) is 0 Å². The van der Waals surface area contributed by atoms with E-state index in [1.54, 1.807) is 13.8 Å². The number of hydrogen-bond acceptors (Lipinski definition) is 5. The maximum atomic E-state index is 11.1. The predicted octanol–water partition coefficient (Wildman–Crippen LogP) is 1.80. The fraction of sp³-hybridized carbons (Fsp3) is 0.167. The summed E-state index contributed by atoms with van der Waals surface area (Å²) in [5.41, 5.74) is 0.846. The van der Waals surface area contributed by atoms with Crippen molar-refractivity contribution >= 4 is 11.7 Å². The standard InChI is InChI=1S/C12H11N3O5/c1-6-3-8(9(15(19)20)4-7(6)2)14-5-10(16)11(13-14)12(17)18/h3-5,16H,1-2H3,(H,17,18). The minimum absolute atomic E-state index is 0.0981. The third-order valence-electron chi connectivity index (χ3n) is 2.93. The van der Waals surface area contributed by atoms with Crippen LogP contribution < -0.4 is 0 Å². The van der Waals surface area contributed by atoms with Crippen LogP contribution in [0.1, 0.15) is 21.6 Å². The predicted molar refractivity (Wildman–Crippen MR) is 68.3 cm³/mol. The van der Waals surface area contributed by atoms with Crippen molar-refractivity contribution in [1.82, 2.24) is 9.78 Å². The molecule has 0 spiro atoms. The summed E-state index contributed by atoms with van der Waals surface area (Å²) in [5, 5.41) is 33.0. The van der Waals surface area contributed by atoms with Crippen molar-refractivity contribution in [3.05, 3.63) is 45.3 Å². The van der Waals surface area contributed by atoms with E-state index in [0.29, 0.717) is 0 Å². The number of aromatic hydroxyl groups is 1. The minimum Gasteiger partial charge on any atom is -0.504 e.